The Balaban J connectivity index is 2.02. The molecule has 0 fully saturated rings. The molecule has 2 N–H and O–H groups in total. The van der Waals surface area contributed by atoms with Gasteiger partial charge in [-0.05, 0) is 29.3 Å². The van der Waals surface area contributed by atoms with Gasteiger partial charge >= 0.3 is 0 Å². The molecule has 1 heterocycles. The second kappa shape index (κ2) is 4.78. The fraction of sp³-hybridized carbons (Fsp3) is 0.143. The predicted molar refractivity (Wildman–Crippen MR) is 82.2 cm³/mol. The normalized spacial score (nSPS) is 13.7. The van der Waals surface area contributed by atoms with E-state index in [1.807, 2.05) is 12.1 Å². The summed E-state index contributed by atoms with van der Waals surface area (Å²) in [7, 11) is 0. The van der Waals surface area contributed by atoms with E-state index in [-0.39, 0.29) is 0 Å². The molecule has 0 saturated heterocycles. The summed E-state index contributed by atoms with van der Waals surface area (Å²) in [5.41, 5.74) is 9.97. The number of nitrogen functional groups attached to an aromatic ring is 1. The summed E-state index contributed by atoms with van der Waals surface area (Å²) in [5.74, 6) is 0. The van der Waals surface area contributed by atoms with Gasteiger partial charge < -0.3 is 10.6 Å². The van der Waals surface area contributed by atoms with Crippen LogP contribution in [-0.2, 0) is 13.1 Å². The fourth-order valence-corrected chi connectivity index (χ4v) is 3.50. The first-order valence-electron chi connectivity index (χ1n) is 5.82. The summed E-state index contributed by atoms with van der Waals surface area (Å²) >= 11 is 18.4. The molecule has 98 valence electrons. The van der Waals surface area contributed by atoms with Crippen molar-refractivity contribution in [3.63, 3.8) is 0 Å². The molecule has 0 aliphatic carbocycles. The highest BCUT2D eigenvalue weighted by atomic mass is 35.5. The van der Waals surface area contributed by atoms with Crippen molar-refractivity contribution in [2.75, 3.05) is 10.6 Å². The van der Waals surface area contributed by atoms with Gasteiger partial charge in [0.05, 0.1) is 15.7 Å². The third-order valence-corrected chi connectivity index (χ3v) is 4.11. The molecule has 5 heteroatoms. The van der Waals surface area contributed by atoms with E-state index in [4.69, 9.17) is 40.5 Å². The minimum atomic E-state index is 0.537. The summed E-state index contributed by atoms with van der Waals surface area (Å²) < 4.78 is 0. The van der Waals surface area contributed by atoms with Crippen LogP contribution in [0.5, 0.6) is 0 Å². The zero-order valence-electron chi connectivity index (χ0n) is 9.96. The fourth-order valence-electron chi connectivity index (χ4n) is 2.44. The van der Waals surface area contributed by atoms with E-state index in [1.165, 1.54) is 5.56 Å². The average molecular weight is 314 g/mol. The van der Waals surface area contributed by atoms with E-state index in [0.717, 1.165) is 23.5 Å². The van der Waals surface area contributed by atoms with Gasteiger partial charge in [-0.2, -0.15) is 0 Å². The lowest BCUT2D eigenvalue weighted by Crippen LogP contribution is -2.15. The van der Waals surface area contributed by atoms with Crippen molar-refractivity contribution in [1.29, 1.82) is 0 Å². The quantitative estimate of drug-likeness (QED) is 0.770. The highest BCUT2D eigenvalue weighted by Gasteiger charge is 2.24. The van der Waals surface area contributed by atoms with Crippen molar-refractivity contribution in [3.8, 4) is 0 Å². The van der Waals surface area contributed by atoms with Gasteiger partial charge in [-0.25, -0.2) is 0 Å². The van der Waals surface area contributed by atoms with Gasteiger partial charge in [-0.15, -0.1) is 0 Å². The van der Waals surface area contributed by atoms with E-state index in [9.17, 15) is 0 Å². The Labute approximate surface area is 126 Å². The zero-order valence-corrected chi connectivity index (χ0v) is 12.2. The number of nitrogens with two attached hydrogens (primary N) is 1. The maximum Gasteiger partial charge on any atom is 0.0752 e. The summed E-state index contributed by atoms with van der Waals surface area (Å²) in [4.78, 5) is 2.11. The smallest absolute Gasteiger partial charge is 0.0752 e. The van der Waals surface area contributed by atoms with Crippen molar-refractivity contribution < 1.29 is 0 Å². The summed E-state index contributed by atoms with van der Waals surface area (Å²) in [6, 6.07) is 9.35. The van der Waals surface area contributed by atoms with Crippen LogP contribution in [0, 0.1) is 0 Å². The summed E-state index contributed by atoms with van der Waals surface area (Å²) in [6.07, 6.45) is 0. The number of benzene rings is 2. The van der Waals surface area contributed by atoms with Gasteiger partial charge in [0.2, 0.25) is 0 Å². The molecule has 2 aromatic rings. The van der Waals surface area contributed by atoms with Gasteiger partial charge in [0.25, 0.3) is 0 Å². The lowest BCUT2D eigenvalue weighted by Gasteiger charge is -2.21. The van der Waals surface area contributed by atoms with Crippen molar-refractivity contribution in [1.82, 2.24) is 0 Å². The Morgan fingerprint density at radius 2 is 1.68 bits per heavy atom. The van der Waals surface area contributed by atoms with Gasteiger partial charge in [0.1, 0.15) is 0 Å². The molecular formula is C14H11Cl3N2. The second-order valence-corrected chi connectivity index (χ2v) is 5.81. The van der Waals surface area contributed by atoms with Crippen LogP contribution in [-0.4, -0.2) is 0 Å². The van der Waals surface area contributed by atoms with Crippen LogP contribution in [0.1, 0.15) is 11.1 Å². The van der Waals surface area contributed by atoms with E-state index >= 15 is 0 Å². The van der Waals surface area contributed by atoms with Crippen LogP contribution in [0.15, 0.2) is 30.3 Å². The second-order valence-electron chi connectivity index (χ2n) is 4.56. The maximum absolute atomic E-state index is 6.26. The topological polar surface area (TPSA) is 29.3 Å². The Morgan fingerprint density at radius 3 is 2.32 bits per heavy atom. The SMILES string of the molecule is Nc1cccc2c1CN(c1c(Cl)cc(Cl)cc1Cl)C2. The standard InChI is InChI=1S/C14H11Cl3N2/c15-9-4-11(16)14(12(17)5-9)19-6-8-2-1-3-13(18)10(8)7-19/h1-5H,6-7,18H2. The molecule has 2 nitrogen and oxygen atoms in total. The molecule has 0 atom stereocenters. The molecule has 0 unspecified atom stereocenters. The molecule has 0 saturated carbocycles. The molecule has 1 aliphatic rings. The van der Waals surface area contributed by atoms with E-state index < -0.39 is 0 Å². The lowest BCUT2D eigenvalue weighted by molar-refractivity contribution is 0.881. The molecule has 0 radical (unpaired) electrons. The first kappa shape index (κ1) is 12.9. The summed E-state index contributed by atoms with van der Waals surface area (Å²) in [5, 5.41) is 1.66. The number of rotatable bonds is 1. The Morgan fingerprint density at radius 1 is 1.00 bits per heavy atom. The van der Waals surface area contributed by atoms with Gasteiger partial charge in [-0.3, -0.25) is 0 Å². The molecular weight excluding hydrogens is 303 g/mol. The first-order chi connectivity index (χ1) is 9.06. The maximum atomic E-state index is 6.26. The third-order valence-electron chi connectivity index (χ3n) is 3.32. The number of nitrogens with zero attached hydrogens (tertiary/aromatic N) is 1. The summed E-state index contributed by atoms with van der Waals surface area (Å²) in [6.45, 7) is 1.46. The largest absolute Gasteiger partial charge is 0.398 e. The Hall–Kier alpha value is -1.09. The number of hydrogen-bond acceptors (Lipinski definition) is 2. The van der Waals surface area contributed by atoms with Gasteiger partial charge in [-0.1, -0.05) is 46.9 Å². The minimum Gasteiger partial charge on any atom is -0.398 e. The van der Waals surface area contributed by atoms with Gasteiger partial charge in [0.15, 0.2) is 0 Å². The van der Waals surface area contributed by atoms with Crippen molar-refractivity contribution in [2.45, 2.75) is 13.1 Å². The Kier molecular flexibility index (Phi) is 3.25. The Bertz CT molecular complexity index is 632. The predicted octanol–water partition coefficient (Wildman–Crippen LogP) is 4.75. The molecule has 19 heavy (non-hydrogen) atoms. The molecule has 0 spiro atoms. The van der Waals surface area contributed by atoms with Crippen LogP contribution < -0.4 is 10.6 Å². The highest BCUT2D eigenvalue weighted by Crippen LogP contribution is 2.41. The molecule has 3 rings (SSSR count). The zero-order chi connectivity index (χ0) is 13.6. The van der Waals surface area contributed by atoms with Crippen LogP contribution in [0.25, 0.3) is 0 Å². The van der Waals surface area contributed by atoms with E-state index in [1.54, 1.807) is 12.1 Å². The molecule has 0 aromatic heterocycles. The van der Waals surface area contributed by atoms with E-state index in [0.29, 0.717) is 21.6 Å². The van der Waals surface area contributed by atoms with Crippen LogP contribution in [0.3, 0.4) is 0 Å². The molecule has 0 bridgehead atoms. The van der Waals surface area contributed by atoms with Crippen molar-refractivity contribution in [2.24, 2.45) is 0 Å². The van der Waals surface area contributed by atoms with E-state index in [2.05, 4.69) is 11.0 Å². The third kappa shape index (κ3) is 2.25. The molecule has 0 amide bonds. The van der Waals surface area contributed by atoms with Crippen molar-refractivity contribution >= 4 is 46.2 Å². The number of hydrogen-bond donors (Lipinski definition) is 1. The van der Waals surface area contributed by atoms with Crippen LogP contribution >= 0.6 is 34.8 Å². The van der Waals surface area contributed by atoms with Crippen LogP contribution in [0.2, 0.25) is 15.1 Å². The number of fused-ring (bicyclic) bond motifs is 1. The number of halogens is 3. The van der Waals surface area contributed by atoms with Crippen LogP contribution in [0.4, 0.5) is 11.4 Å². The van der Waals surface area contributed by atoms with Crippen molar-refractivity contribution in [3.05, 3.63) is 56.5 Å². The average Bonchev–Trinajstić information content (AvgIpc) is 2.72. The lowest BCUT2D eigenvalue weighted by atomic mass is 10.1. The monoisotopic (exact) mass is 312 g/mol. The molecule has 2 aromatic carbocycles. The minimum absolute atomic E-state index is 0.537. The molecule has 1 aliphatic heterocycles. The highest BCUT2D eigenvalue weighted by molar-refractivity contribution is 6.41. The van der Waals surface area contributed by atoms with Gasteiger partial charge in [0, 0.05) is 23.8 Å². The first-order valence-corrected chi connectivity index (χ1v) is 6.95. The number of anilines is 2.